The largest absolute Gasteiger partial charge is 0.416 e. The van der Waals surface area contributed by atoms with Crippen LogP contribution >= 0.6 is 0 Å². The summed E-state index contributed by atoms with van der Waals surface area (Å²) in [5.74, 6) is -0.173. The number of nitrogens with one attached hydrogen (secondary N) is 2. The molecule has 3 aromatic rings. The summed E-state index contributed by atoms with van der Waals surface area (Å²) in [6.45, 7) is 0. The highest BCUT2D eigenvalue weighted by Crippen LogP contribution is 2.46. The summed E-state index contributed by atoms with van der Waals surface area (Å²) < 4.78 is 41.6. The van der Waals surface area contributed by atoms with E-state index in [9.17, 15) is 18.0 Å². The molecule has 0 saturated heterocycles. The van der Waals surface area contributed by atoms with Crippen LogP contribution in [0.15, 0.2) is 90.1 Å². The molecule has 0 radical (unpaired) electrons. The molecule has 6 heteroatoms. The molecule has 3 aromatic carbocycles. The van der Waals surface area contributed by atoms with E-state index < -0.39 is 17.8 Å². The van der Waals surface area contributed by atoms with E-state index in [4.69, 9.17) is 0 Å². The Morgan fingerprint density at radius 1 is 0.781 bits per heavy atom. The maximum absolute atomic E-state index is 13.9. The minimum Gasteiger partial charge on any atom is -0.372 e. The number of rotatable bonds is 2. The van der Waals surface area contributed by atoms with Crippen molar-refractivity contribution in [1.82, 2.24) is 0 Å². The summed E-state index contributed by atoms with van der Waals surface area (Å²) in [6.07, 6.45) is -3.72. The molecule has 1 aliphatic heterocycles. The van der Waals surface area contributed by atoms with Crippen LogP contribution in [-0.4, -0.2) is 5.78 Å². The van der Waals surface area contributed by atoms with E-state index in [1.54, 1.807) is 6.07 Å². The average molecular weight is 434 g/mol. The van der Waals surface area contributed by atoms with Crippen molar-refractivity contribution >= 4 is 17.2 Å². The Labute approximate surface area is 184 Å². The number of hydrogen-bond acceptors (Lipinski definition) is 3. The van der Waals surface area contributed by atoms with Gasteiger partial charge < -0.3 is 10.6 Å². The van der Waals surface area contributed by atoms with Crippen LogP contribution in [0.1, 0.15) is 41.5 Å². The van der Waals surface area contributed by atoms with E-state index in [1.165, 1.54) is 12.1 Å². The van der Waals surface area contributed by atoms with Crippen molar-refractivity contribution in [3.8, 4) is 0 Å². The number of halogens is 3. The van der Waals surface area contributed by atoms with Gasteiger partial charge in [0, 0.05) is 17.7 Å². The molecule has 0 saturated carbocycles. The fourth-order valence-electron chi connectivity index (χ4n) is 4.69. The van der Waals surface area contributed by atoms with Crippen molar-refractivity contribution in [2.75, 3.05) is 10.6 Å². The van der Waals surface area contributed by atoms with Crippen molar-refractivity contribution in [3.05, 3.63) is 107 Å². The third kappa shape index (κ3) is 3.66. The molecule has 2 N–H and O–H groups in total. The molecule has 3 nitrogen and oxygen atoms in total. The van der Waals surface area contributed by atoms with Crippen LogP contribution in [0.4, 0.5) is 24.5 Å². The third-order valence-corrected chi connectivity index (χ3v) is 6.16. The molecule has 1 heterocycles. The zero-order chi connectivity index (χ0) is 22.3. The second-order valence-corrected chi connectivity index (χ2v) is 8.16. The molecule has 32 heavy (non-hydrogen) atoms. The van der Waals surface area contributed by atoms with Gasteiger partial charge in [0.1, 0.15) is 0 Å². The maximum Gasteiger partial charge on any atom is 0.416 e. The quantitative estimate of drug-likeness (QED) is 0.472. The molecule has 5 rings (SSSR count). The molecular formula is C26H21F3N2O. The second-order valence-electron chi connectivity index (χ2n) is 8.16. The number of allylic oxidation sites excluding steroid dienone is 1. The van der Waals surface area contributed by atoms with Crippen LogP contribution in [0.2, 0.25) is 0 Å². The SMILES string of the molecule is O=C1C[C@H](c2ccccc2)CC2=C1[C@H](c1ccccc1C(F)(F)F)Nc1ccccc1N2. The molecule has 162 valence electrons. The fraction of sp³-hybridized carbons (Fsp3) is 0.192. The Morgan fingerprint density at radius 3 is 2.19 bits per heavy atom. The number of alkyl halides is 3. The third-order valence-electron chi connectivity index (χ3n) is 6.16. The van der Waals surface area contributed by atoms with Crippen molar-refractivity contribution in [3.63, 3.8) is 0 Å². The van der Waals surface area contributed by atoms with E-state index in [1.807, 2.05) is 54.6 Å². The monoisotopic (exact) mass is 434 g/mol. The van der Waals surface area contributed by atoms with Crippen LogP contribution < -0.4 is 10.6 Å². The summed E-state index contributed by atoms with van der Waals surface area (Å²) in [6, 6.07) is 21.7. The van der Waals surface area contributed by atoms with Crippen molar-refractivity contribution < 1.29 is 18.0 Å². The van der Waals surface area contributed by atoms with Gasteiger partial charge in [-0.15, -0.1) is 0 Å². The predicted molar refractivity (Wildman–Crippen MR) is 118 cm³/mol. The number of hydrogen-bond donors (Lipinski definition) is 2. The Balaban J connectivity index is 1.66. The first-order valence-corrected chi connectivity index (χ1v) is 10.5. The average Bonchev–Trinajstić information content (AvgIpc) is 2.96. The molecule has 0 unspecified atom stereocenters. The number of carbonyl (C=O) groups is 1. The van der Waals surface area contributed by atoms with Gasteiger partial charge in [-0.3, -0.25) is 4.79 Å². The molecule has 0 bridgehead atoms. The highest BCUT2D eigenvalue weighted by atomic mass is 19.4. The van der Waals surface area contributed by atoms with Gasteiger partial charge in [-0.05, 0) is 41.7 Å². The molecule has 0 amide bonds. The number of benzene rings is 3. The van der Waals surface area contributed by atoms with E-state index in [2.05, 4.69) is 10.6 Å². The van der Waals surface area contributed by atoms with Crippen LogP contribution in [0, 0.1) is 0 Å². The molecule has 2 aliphatic rings. The van der Waals surface area contributed by atoms with Crippen molar-refractivity contribution in [1.29, 1.82) is 0 Å². The lowest BCUT2D eigenvalue weighted by atomic mass is 9.78. The minimum atomic E-state index is -4.53. The first-order chi connectivity index (χ1) is 15.4. The summed E-state index contributed by atoms with van der Waals surface area (Å²) in [5.41, 5.74) is 2.83. The number of fused-ring (bicyclic) bond motifs is 1. The van der Waals surface area contributed by atoms with Gasteiger partial charge in [-0.25, -0.2) is 0 Å². The van der Waals surface area contributed by atoms with Gasteiger partial charge in [-0.1, -0.05) is 60.7 Å². The number of para-hydroxylation sites is 2. The lowest BCUT2D eigenvalue weighted by Gasteiger charge is -2.31. The van der Waals surface area contributed by atoms with E-state index >= 15 is 0 Å². The summed E-state index contributed by atoms with van der Waals surface area (Å²) >= 11 is 0. The lowest BCUT2D eigenvalue weighted by Crippen LogP contribution is -2.28. The topological polar surface area (TPSA) is 41.1 Å². The first-order valence-electron chi connectivity index (χ1n) is 10.5. The Kier molecular flexibility index (Phi) is 5.00. The van der Waals surface area contributed by atoms with Crippen molar-refractivity contribution in [2.45, 2.75) is 31.0 Å². The summed E-state index contributed by atoms with van der Waals surface area (Å²) in [7, 11) is 0. The highest BCUT2D eigenvalue weighted by Gasteiger charge is 2.40. The van der Waals surface area contributed by atoms with Gasteiger partial charge >= 0.3 is 6.18 Å². The Morgan fingerprint density at radius 2 is 1.44 bits per heavy atom. The second kappa shape index (κ2) is 7.86. The number of anilines is 2. The van der Waals surface area contributed by atoms with Gasteiger partial charge in [-0.2, -0.15) is 13.2 Å². The molecule has 0 fully saturated rings. The van der Waals surface area contributed by atoms with Crippen LogP contribution in [-0.2, 0) is 11.0 Å². The standard InChI is InChI=1S/C26H21F3N2O/c27-26(28,29)19-11-5-4-10-18(19)25-24-22(30-20-12-6-7-13-21(20)31-25)14-17(15-23(24)32)16-8-2-1-3-9-16/h1-13,17,25,30-31H,14-15H2/t17-,25+/m1/s1. The summed E-state index contributed by atoms with van der Waals surface area (Å²) in [5, 5.41) is 6.60. The van der Waals surface area contributed by atoms with E-state index in [0.717, 1.165) is 17.3 Å². The van der Waals surface area contributed by atoms with Crippen LogP contribution in [0.3, 0.4) is 0 Å². The molecule has 2 atom stereocenters. The normalized spacial score (nSPS) is 20.5. The van der Waals surface area contributed by atoms with Gasteiger partial charge in [0.25, 0.3) is 0 Å². The van der Waals surface area contributed by atoms with E-state index in [0.29, 0.717) is 23.4 Å². The Hall–Kier alpha value is -3.54. The number of Topliss-reactive ketones (excluding diaryl/α,β-unsaturated/α-hetero) is 1. The molecule has 0 spiro atoms. The zero-order valence-corrected chi connectivity index (χ0v) is 17.1. The van der Waals surface area contributed by atoms with E-state index in [-0.39, 0.29) is 23.7 Å². The molecule has 0 aromatic heterocycles. The zero-order valence-electron chi connectivity index (χ0n) is 17.1. The predicted octanol–water partition coefficient (Wildman–Crippen LogP) is 6.68. The van der Waals surface area contributed by atoms with Gasteiger partial charge in [0.15, 0.2) is 5.78 Å². The van der Waals surface area contributed by atoms with Crippen LogP contribution in [0.25, 0.3) is 0 Å². The number of ketones is 1. The summed E-state index contributed by atoms with van der Waals surface area (Å²) in [4.78, 5) is 13.4. The van der Waals surface area contributed by atoms with Crippen LogP contribution in [0.5, 0.6) is 0 Å². The first kappa shape index (κ1) is 20.4. The highest BCUT2D eigenvalue weighted by molar-refractivity contribution is 6.01. The molecular weight excluding hydrogens is 413 g/mol. The lowest BCUT2D eigenvalue weighted by molar-refractivity contribution is -0.138. The minimum absolute atomic E-state index is 0.0290. The number of carbonyl (C=O) groups excluding carboxylic acids is 1. The fourth-order valence-corrected chi connectivity index (χ4v) is 4.69. The maximum atomic E-state index is 13.9. The van der Waals surface area contributed by atoms with Gasteiger partial charge in [0.2, 0.25) is 0 Å². The molecule has 1 aliphatic carbocycles. The van der Waals surface area contributed by atoms with Crippen molar-refractivity contribution in [2.24, 2.45) is 0 Å². The van der Waals surface area contributed by atoms with Gasteiger partial charge in [0.05, 0.1) is 23.0 Å². The Bertz CT molecular complexity index is 1200. The smallest absolute Gasteiger partial charge is 0.372 e.